The molecule has 0 aromatic heterocycles. The number of benzene rings is 2. The Balaban J connectivity index is 2.12. The third-order valence-electron chi connectivity index (χ3n) is 4.52. The Kier molecular flexibility index (Phi) is 3.73. The van der Waals surface area contributed by atoms with E-state index in [2.05, 4.69) is 74.4 Å². The van der Waals surface area contributed by atoms with Gasteiger partial charge in [0.15, 0.2) is 0 Å². The predicted molar refractivity (Wildman–Crippen MR) is 87.1 cm³/mol. The van der Waals surface area contributed by atoms with Crippen LogP contribution in [0.15, 0.2) is 48.5 Å². The van der Waals surface area contributed by atoms with Crippen molar-refractivity contribution in [3.63, 3.8) is 0 Å². The lowest BCUT2D eigenvalue weighted by Crippen LogP contribution is -2.34. The molecule has 0 radical (unpaired) electrons. The SMILES string of the molecule is Cc1ccccc1C1(CCN(C)C)COc2ccccc21. The van der Waals surface area contributed by atoms with Crippen LogP contribution in [0.5, 0.6) is 5.75 Å². The minimum atomic E-state index is -0.0216. The molecule has 3 rings (SSSR count). The molecule has 2 aromatic rings. The summed E-state index contributed by atoms with van der Waals surface area (Å²) in [6.07, 6.45) is 1.07. The molecule has 1 atom stereocenters. The van der Waals surface area contributed by atoms with E-state index in [9.17, 15) is 0 Å². The highest BCUT2D eigenvalue weighted by Gasteiger charge is 2.42. The molecule has 0 bridgehead atoms. The standard InChI is InChI=1S/C19H23NO/c1-15-8-4-5-9-16(15)19(12-13-20(2)3)14-21-18-11-7-6-10-17(18)19/h4-11H,12-14H2,1-3H3. The molecule has 2 heteroatoms. The Labute approximate surface area is 127 Å². The summed E-state index contributed by atoms with van der Waals surface area (Å²) in [5.41, 5.74) is 4.06. The Bertz CT molecular complexity index is 635. The molecule has 110 valence electrons. The van der Waals surface area contributed by atoms with E-state index < -0.39 is 0 Å². The third kappa shape index (κ3) is 2.44. The maximum absolute atomic E-state index is 6.04. The quantitative estimate of drug-likeness (QED) is 0.848. The van der Waals surface area contributed by atoms with E-state index in [0.29, 0.717) is 0 Å². The molecule has 0 saturated carbocycles. The first kappa shape index (κ1) is 14.2. The Morgan fingerprint density at radius 3 is 2.38 bits per heavy atom. The minimum Gasteiger partial charge on any atom is -0.492 e. The van der Waals surface area contributed by atoms with Gasteiger partial charge in [0.25, 0.3) is 0 Å². The zero-order valence-electron chi connectivity index (χ0n) is 13.1. The second-order valence-corrected chi connectivity index (χ2v) is 6.24. The molecule has 0 spiro atoms. The number of aryl methyl sites for hydroxylation is 1. The van der Waals surface area contributed by atoms with Crippen LogP contribution in [-0.2, 0) is 5.41 Å². The first-order chi connectivity index (χ1) is 10.1. The molecule has 2 nitrogen and oxygen atoms in total. The van der Waals surface area contributed by atoms with E-state index in [0.717, 1.165) is 25.3 Å². The van der Waals surface area contributed by atoms with Gasteiger partial charge in [-0.1, -0.05) is 42.5 Å². The van der Waals surface area contributed by atoms with Gasteiger partial charge in [0.2, 0.25) is 0 Å². The average Bonchev–Trinajstić information content (AvgIpc) is 2.86. The van der Waals surface area contributed by atoms with Crippen LogP contribution in [0.1, 0.15) is 23.1 Å². The maximum Gasteiger partial charge on any atom is 0.123 e. The van der Waals surface area contributed by atoms with E-state index in [1.807, 2.05) is 0 Å². The molecule has 0 N–H and O–H groups in total. The molecule has 2 aromatic carbocycles. The highest BCUT2D eigenvalue weighted by Crippen LogP contribution is 2.46. The van der Waals surface area contributed by atoms with Crippen LogP contribution >= 0.6 is 0 Å². The summed E-state index contributed by atoms with van der Waals surface area (Å²) >= 11 is 0. The lowest BCUT2D eigenvalue weighted by molar-refractivity contribution is 0.261. The molecular formula is C19H23NO. The van der Waals surface area contributed by atoms with Gasteiger partial charge in [0.1, 0.15) is 12.4 Å². The van der Waals surface area contributed by atoms with Gasteiger partial charge in [-0.05, 0) is 51.2 Å². The summed E-state index contributed by atoms with van der Waals surface area (Å²) in [5, 5.41) is 0. The fraction of sp³-hybridized carbons (Fsp3) is 0.368. The van der Waals surface area contributed by atoms with Gasteiger partial charge in [-0.25, -0.2) is 0 Å². The Hall–Kier alpha value is -1.80. The monoisotopic (exact) mass is 281 g/mol. The topological polar surface area (TPSA) is 12.5 Å². The molecular weight excluding hydrogens is 258 g/mol. The average molecular weight is 281 g/mol. The second kappa shape index (κ2) is 5.53. The van der Waals surface area contributed by atoms with Crippen molar-refractivity contribution in [1.82, 2.24) is 4.90 Å². The summed E-state index contributed by atoms with van der Waals surface area (Å²) in [5.74, 6) is 1.04. The predicted octanol–water partition coefficient (Wildman–Crippen LogP) is 3.63. The Morgan fingerprint density at radius 1 is 1.00 bits per heavy atom. The van der Waals surface area contributed by atoms with Crippen molar-refractivity contribution in [2.75, 3.05) is 27.2 Å². The number of nitrogens with zero attached hydrogens (tertiary/aromatic N) is 1. The lowest BCUT2D eigenvalue weighted by Gasteiger charge is -2.31. The molecule has 1 unspecified atom stereocenters. The Morgan fingerprint density at radius 2 is 1.67 bits per heavy atom. The summed E-state index contributed by atoms with van der Waals surface area (Å²) < 4.78 is 6.04. The molecule has 1 aliphatic rings. The summed E-state index contributed by atoms with van der Waals surface area (Å²) in [4.78, 5) is 2.25. The van der Waals surface area contributed by atoms with Crippen molar-refractivity contribution in [3.05, 3.63) is 65.2 Å². The maximum atomic E-state index is 6.04. The summed E-state index contributed by atoms with van der Waals surface area (Å²) in [7, 11) is 4.26. The van der Waals surface area contributed by atoms with Crippen LogP contribution < -0.4 is 4.74 Å². The van der Waals surface area contributed by atoms with Crippen LogP contribution in [0, 0.1) is 6.92 Å². The largest absolute Gasteiger partial charge is 0.492 e. The fourth-order valence-corrected chi connectivity index (χ4v) is 3.36. The molecule has 0 fully saturated rings. The first-order valence-electron chi connectivity index (χ1n) is 7.57. The second-order valence-electron chi connectivity index (χ2n) is 6.24. The van der Waals surface area contributed by atoms with Crippen molar-refractivity contribution >= 4 is 0 Å². The molecule has 1 aliphatic heterocycles. The zero-order valence-corrected chi connectivity index (χ0v) is 13.1. The highest BCUT2D eigenvalue weighted by atomic mass is 16.5. The van der Waals surface area contributed by atoms with Crippen molar-refractivity contribution in [2.24, 2.45) is 0 Å². The van der Waals surface area contributed by atoms with E-state index in [1.54, 1.807) is 0 Å². The normalized spacial score (nSPS) is 20.4. The van der Waals surface area contributed by atoms with Gasteiger partial charge in [-0.15, -0.1) is 0 Å². The molecule has 21 heavy (non-hydrogen) atoms. The van der Waals surface area contributed by atoms with Crippen molar-refractivity contribution in [2.45, 2.75) is 18.8 Å². The number of ether oxygens (including phenoxy) is 1. The number of rotatable bonds is 4. The third-order valence-corrected chi connectivity index (χ3v) is 4.52. The van der Waals surface area contributed by atoms with Crippen LogP contribution in [-0.4, -0.2) is 32.1 Å². The highest BCUT2D eigenvalue weighted by molar-refractivity contribution is 5.52. The molecule has 0 amide bonds. The van der Waals surface area contributed by atoms with E-state index in [4.69, 9.17) is 4.74 Å². The van der Waals surface area contributed by atoms with Gasteiger partial charge in [-0.3, -0.25) is 0 Å². The van der Waals surface area contributed by atoms with Gasteiger partial charge in [0.05, 0.1) is 5.41 Å². The zero-order chi connectivity index (χ0) is 14.9. The number of para-hydroxylation sites is 1. The van der Waals surface area contributed by atoms with Gasteiger partial charge < -0.3 is 9.64 Å². The van der Waals surface area contributed by atoms with Crippen molar-refractivity contribution < 1.29 is 4.74 Å². The van der Waals surface area contributed by atoms with Crippen LogP contribution in [0.3, 0.4) is 0 Å². The summed E-state index contributed by atoms with van der Waals surface area (Å²) in [6, 6.07) is 17.2. The van der Waals surface area contributed by atoms with Gasteiger partial charge in [0, 0.05) is 5.56 Å². The van der Waals surface area contributed by atoms with Crippen LogP contribution in [0.4, 0.5) is 0 Å². The molecule has 0 aliphatic carbocycles. The van der Waals surface area contributed by atoms with Crippen molar-refractivity contribution in [3.8, 4) is 5.75 Å². The summed E-state index contributed by atoms with van der Waals surface area (Å²) in [6.45, 7) is 3.99. The van der Waals surface area contributed by atoms with E-state index in [1.165, 1.54) is 16.7 Å². The van der Waals surface area contributed by atoms with Crippen molar-refractivity contribution in [1.29, 1.82) is 0 Å². The van der Waals surface area contributed by atoms with E-state index >= 15 is 0 Å². The fourth-order valence-electron chi connectivity index (χ4n) is 3.36. The smallest absolute Gasteiger partial charge is 0.123 e. The lowest BCUT2D eigenvalue weighted by atomic mass is 9.72. The number of fused-ring (bicyclic) bond motifs is 1. The van der Waals surface area contributed by atoms with Gasteiger partial charge in [-0.2, -0.15) is 0 Å². The molecule has 0 saturated heterocycles. The minimum absolute atomic E-state index is 0.0216. The van der Waals surface area contributed by atoms with Crippen LogP contribution in [0.25, 0.3) is 0 Å². The van der Waals surface area contributed by atoms with Crippen LogP contribution in [0.2, 0.25) is 0 Å². The van der Waals surface area contributed by atoms with Gasteiger partial charge >= 0.3 is 0 Å². The number of hydrogen-bond donors (Lipinski definition) is 0. The first-order valence-corrected chi connectivity index (χ1v) is 7.57. The van der Waals surface area contributed by atoms with E-state index in [-0.39, 0.29) is 5.41 Å². The molecule has 1 heterocycles. The number of hydrogen-bond acceptors (Lipinski definition) is 2.